The lowest BCUT2D eigenvalue weighted by atomic mass is 9.86. The molecule has 0 unspecified atom stereocenters. The zero-order valence-corrected chi connectivity index (χ0v) is 43.6. The van der Waals surface area contributed by atoms with Crippen molar-refractivity contribution in [1.29, 1.82) is 0 Å². The standard InChI is InChI=1S/C70H53NS2/c1-69(2,3)59-30-16-28-55-53-26-14-24-47(65(53)72-67(55)59)44-34-38-61-57(40-44)58-41-45(48-25-15-27-54-56-29-17-31-60(70(4,5)6)68(56)73-66(48)54)35-39-62(58)71(61)46-36-32-43(33-37-46)64-51-22-12-10-20-49(51)63(42-18-8-7-9-19-42)50-21-11-13-23-52(50)64/h7-41H,1-6H3. The first-order valence-corrected chi connectivity index (χ1v) is 27.2. The highest BCUT2D eigenvalue weighted by Gasteiger charge is 2.24. The third-order valence-corrected chi connectivity index (χ3v) is 18.0. The monoisotopic (exact) mass is 971 g/mol. The number of hydrogen-bond donors (Lipinski definition) is 0. The van der Waals surface area contributed by atoms with Crippen LogP contribution in [0.25, 0.3) is 134 Å². The van der Waals surface area contributed by atoms with Crippen LogP contribution in [0.4, 0.5) is 0 Å². The lowest BCUT2D eigenvalue weighted by molar-refractivity contribution is 0.596. The molecule has 0 spiro atoms. The molecule has 0 atom stereocenters. The lowest BCUT2D eigenvalue weighted by Crippen LogP contribution is -2.10. The van der Waals surface area contributed by atoms with Crippen molar-refractivity contribution in [2.75, 3.05) is 0 Å². The highest BCUT2D eigenvalue weighted by Crippen LogP contribution is 2.49. The van der Waals surface area contributed by atoms with E-state index >= 15 is 0 Å². The van der Waals surface area contributed by atoms with E-state index < -0.39 is 0 Å². The fourth-order valence-electron chi connectivity index (χ4n) is 12.0. The van der Waals surface area contributed by atoms with Gasteiger partial charge in [0.2, 0.25) is 0 Å². The van der Waals surface area contributed by atoms with Crippen LogP contribution in [0, 0.1) is 0 Å². The number of thiophene rings is 2. The van der Waals surface area contributed by atoms with Gasteiger partial charge in [0.15, 0.2) is 0 Å². The normalized spacial score (nSPS) is 12.5. The highest BCUT2D eigenvalue weighted by atomic mass is 32.1. The van der Waals surface area contributed by atoms with E-state index in [4.69, 9.17) is 0 Å². The summed E-state index contributed by atoms with van der Waals surface area (Å²) >= 11 is 3.90. The van der Waals surface area contributed by atoms with E-state index in [1.165, 1.54) is 139 Å². The van der Waals surface area contributed by atoms with Crippen molar-refractivity contribution in [2.45, 2.75) is 52.4 Å². The first kappa shape index (κ1) is 43.9. The molecule has 0 saturated heterocycles. The van der Waals surface area contributed by atoms with Gasteiger partial charge in [-0.05, 0) is 124 Å². The molecule has 0 aliphatic rings. The molecule has 0 bridgehead atoms. The van der Waals surface area contributed by atoms with Crippen molar-refractivity contribution in [3.63, 3.8) is 0 Å². The Balaban J connectivity index is 0.980. The number of aromatic nitrogens is 1. The Kier molecular flexibility index (Phi) is 9.84. The van der Waals surface area contributed by atoms with Gasteiger partial charge in [0.05, 0.1) is 11.0 Å². The minimum absolute atomic E-state index is 0.0425. The summed E-state index contributed by atoms with van der Waals surface area (Å²) in [6, 6.07) is 80.0. The van der Waals surface area contributed by atoms with Crippen molar-refractivity contribution >= 4 is 106 Å². The minimum Gasteiger partial charge on any atom is -0.309 e. The van der Waals surface area contributed by atoms with Gasteiger partial charge in [0.1, 0.15) is 0 Å². The first-order chi connectivity index (χ1) is 35.5. The Labute approximate surface area is 434 Å². The van der Waals surface area contributed by atoms with Crippen LogP contribution in [0.5, 0.6) is 0 Å². The van der Waals surface area contributed by atoms with Gasteiger partial charge in [-0.2, -0.15) is 0 Å². The van der Waals surface area contributed by atoms with Crippen LogP contribution >= 0.6 is 22.7 Å². The molecule has 14 aromatic rings. The topological polar surface area (TPSA) is 4.93 Å². The summed E-state index contributed by atoms with van der Waals surface area (Å²) in [5, 5.41) is 12.9. The molecule has 0 saturated carbocycles. The first-order valence-electron chi connectivity index (χ1n) is 25.6. The van der Waals surface area contributed by atoms with E-state index in [1.807, 2.05) is 22.7 Å². The number of nitrogens with zero attached hydrogens (tertiary/aromatic N) is 1. The van der Waals surface area contributed by atoms with Crippen molar-refractivity contribution < 1.29 is 0 Å². The van der Waals surface area contributed by atoms with Crippen LogP contribution in [0.3, 0.4) is 0 Å². The summed E-state index contributed by atoms with van der Waals surface area (Å²) in [6.45, 7) is 14.0. The van der Waals surface area contributed by atoms with Crippen molar-refractivity contribution in [3.05, 3.63) is 223 Å². The summed E-state index contributed by atoms with van der Waals surface area (Å²) in [5.41, 5.74) is 16.5. The molecule has 0 amide bonds. The maximum Gasteiger partial charge on any atom is 0.0541 e. The van der Waals surface area contributed by atoms with E-state index in [1.54, 1.807) is 0 Å². The molecule has 11 aromatic carbocycles. The van der Waals surface area contributed by atoms with Gasteiger partial charge < -0.3 is 4.57 Å². The molecule has 3 aromatic heterocycles. The van der Waals surface area contributed by atoms with Crippen LogP contribution in [-0.2, 0) is 10.8 Å². The molecule has 0 radical (unpaired) electrons. The molecular formula is C70H53NS2. The SMILES string of the molecule is CC(C)(C)c1cccc2c1sc1c(-c3ccc4c(c3)c3cc(-c5cccc6c5sc5c(C(C)(C)C)cccc56)ccc3n4-c3ccc(-c4c5ccccc5c(-c5ccccc5)c5ccccc45)cc3)cccc12. The summed E-state index contributed by atoms with van der Waals surface area (Å²) in [4.78, 5) is 0. The van der Waals surface area contributed by atoms with Gasteiger partial charge in [-0.25, -0.2) is 0 Å². The quantitative estimate of drug-likeness (QED) is 0.152. The van der Waals surface area contributed by atoms with Gasteiger partial charge in [-0.1, -0.05) is 217 Å². The second-order valence-electron chi connectivity index (χ2n) is 22.0. The van der Waals surface area contributed by atoms with Crippen molar-refractivity contribution in [3.8, 4) is 50.2 Å². The predicted molar refractivity (Wildman–Crippen MR) is 321 cm³/mol. The van der Waals surface area contributed by atoms with E-state index in [-0.39, 0.29) is 10.8 Å². The third kappa shape index (κ3) is 6.86. The Morgan fingerprint density at radius 3 is 1.07 bits per heavy atom. The summed E-state index contributed by atoms with van der Waals surface area (Å²) in [6.07, 6.45) is 0. The van der Waals surface area contributed by atoms with Crippen LogP contribution in [0.15, 0.2) is 212 Å². The molecule has 0 aliphatic carbocycles. The Bertz CT molecular complexity index is 4300. The largest absolute Gasteiger partial charge is 0.309 e. The second kappa shape index (κ2) is 16.3. The summed E-state index contributed by atoms with van der Waals surface area (Å²) in [7, 11) is 0. The van der Waals surface area contributed by atoms with Gasteiger partial charge in [-0.15, -0.1) is 22.7 Å². The van der Waals surface area contributed by atoms with Gasteiger partial charge in [0.25, 0.3) is 0 Å². The van der Waals surface area contributed by atoms with Gasteiger partial charge >= 0.3 is 0 Å². The summed E-state index contributed by atoms with van der Waals surface area (Å²) < 4.78 is 7.96. The highest BCUT2D eigenvalue weighted by molar-refractivity contribution is 7.27. The van der Waals surface area contributed by atoms with Crippen LogP contribution in [-0.4, -0.2) is 4.57 Å². The van der Waals surface area contributed by atoms with Crippen LogP contribution in [0.2, 0.25) is 0 Å². The maximum atomic E-state index is 2.49. The molecule has 0 N–H and O–H groups in total. The fourth-order valence-corrected chi connectivity index (χ4v) is 15.2. The fraction of sp³-hybridized carbons (Fsp3) is 0.114. The Hall–Kier alpha value is -7.82. The number of benzene rings is 11. The molecule has 73 heavy (non-hydrogen) atoms. The smallest absolute Gasteiger partial charge is 0.0541 e. The Morgan fingerprint density at radius 2 is 0.644 bits per heavy atom. The Morgan fingerprint density at radius 1 is 0.288 bits per heavy atom. The van der Waals surface area contributed by atoms with Crippen molar-refractivity contribution in [1.82, 2.24) is 4.57 Å². The number of hydrogen-bond acceptors (Lipinski definition) is 2. The molecule has 0 fully saturated rings. The van der Waals surface area contributed by atoms with E-state index in [9.17, 15) is 0 Å². The van der Waals surface area contributed by atoms with Crippen molar-refractivity contribution in [2.24, 2.45) is 0 Å². The van der Waals surface area contributed by atoms with E-state index in [2.05, 4.69) is 258 Å². The average Bonchev–Trinajstić information content (AvgIpc) is 4.09. The minimum atomic E-state index is 0.0425. The predicted octanol–water partition coefficient (Wildman–Crippen LogP) is 21.1. The van der Waals surface area contributed by atoms with Crippen LogP contribution < -0.4 is 0 Å². The third-order valence-electron chi connectivity index (χ3n) is 15.5. The molecule has 14 rings (SSSR count). The number of rotatable bonds is 5. The second-order valence-corrected chi connectivity index (χ2v) is 24.0. The van der Waals surface area contributed by atoms with Crippen LogP contribution in [0.1, 0.15) is 52.7 Å². The zero-order valence-electron chi connectivity index (χ0n) is 42.0. The molecule has 0 aliphatic heterocycles. The summed E-state index contributed by atoms with van der Waals surface area (Å²) in [5.74, 6) is 0. The molecule has 3 heterocycles. The lowest BCUT2D eigenvalue weighted by Gasteiger charge is -2.19. The number of fused-ring (bicyclic) bond motifs is 11. The van der Waals surface area contributed by atoms with Gasteiger partial charge in [-0.3, -0.25) is 0 Å². The molecular weight excluding hydrogens is 919 g/mol. The maximum absolute atomic E-state index is 2.49. The molecule has 3 heteroatoms. The van der Waals surface area contributed by atoms with E-state index in [0.29, 0.717) is 0 Å². The zero-order chi connectivity index (χ0) is 49.3. The average molecular weight is 972 g/mol. The van der Waals surface area contributed by atoms with Gasteiger partial charge in [0, 0.05) is 56.8 Å². The van der Waals surface area contributed by atoms with E-state index in [0.717, 1.165) is 5.69 Å². The molecule has 1 nitrogen and oxygen atoms in total. The molecule has 350 valence electrons.